The predicted molar refractivity (Wildman–Crippen MR) is 146 cm³/mol. The molecule has 1 aliphatic rings. The first-order valence-electron chi connectivity index (χ1n) is 15.2. The van der Waals surface area contributed by atoms with Crippen LogP contribution in [0.3, 0.4) is 0 Å². The molecule has 0 atom stereocenters. The highest BCUT2D eigenvalue weighted by Gasteiger charge is 2.30. The van der Waals surface area contributed by atoms with Crippen molar-refractivity contribution >= 4 is 11.9 Å². The van der Waals surface area contributed by atoms with E-state index in [0.29, 0.717) is 30.8 Å². The number of carbonyl (C=O) groups is 2. The number of hydrogen-bond acceptors (Lipinski definition) is 4. The summed E-state index contributed by atoms with van der Waals surface area (Å²) < 4.78 is 11.5. The summed E-state index contributed by atoms with van der Waals surface area (Å²) in [5, 5.41) is 0. The lowest BCUT2D eigenvalue weighted by molar-refractivity contribution is -0.143. The maximum Gasteiger partial charge on any atom is 0.334 e. The van der Waals surface area contributed by atoms with Crippen molar-refractivity contribution in [3.05, 3.63) is 11.1 Å². The molecule has 4 heteroatoms. The fourth-order valence-electron chi connectivity index (χ4n) is 5.09. The van der Waals surface area contributed by atoms with Crippen molar-refractivity contribution in [2.24, 2.45) is 5.92 Å². The van der Waals surface area contributed by atoms with Gasteiger partial charge in [-0.3, -0.25) is 0 Å². The number of rotatable bonds is 21. The van der Waals surface area contributed by atoms with Crippen molar-refractivity contribution in [1.82, 2.24) is 0 Å². The Kier molecular flexibility index (Phi) is 19.9. The van der Waals surface area contributed by atoms with E-state index in [9.17, 15) is 9.59 Å². The van der Waals surface area contributed by atoms with E-state index in [1.807, 2.05) is 0 Å². The Hall–Kier alpha value is -1.32. The molecule has 0 aliphatic heterocycles. The summed E-state index contributed by atoms with van der Waals surface area (Å²) in [6.45, 7) is 7.51. The van der Waals surface area contributed by atoms with E-state index < -0.39 is 0 Å². The highest BCUT2D eigenvalue weighted by atomic mass is 16.5. The van der Waals surface area contributed by atoms with Crippen molar-refractivity contribution in [3.8, 4) is 0 Å². The molecule has 0 radical (unpaired) electrons. The number of hydrogen-bond donors (Lipinski definition) is 0. The lowest BCUT2D eigenvalue weighted by Crippen LogP contribution is -2.24. The Morgan fingerprint density at radius 3 is 1.57 bits per heavy atom. The van der Waals surface area contributed by atoms with Gasteiger partial charge in [0.1, 0.15) is 0 Å². The molecule has 0 bridgehead atoms. The van der Waals surface area contributed by atoms with E-state index in [-0.39, 0.29) is 17.9 Å². The number of unbranched alkanes of at least 4 members (excludes halogenated alkanes) is 12. The van der Waals surface area contributed by atoms with Gasteiger partial charge in [-0.1, -0.05) is 117 Å². The Labute approximate surface area is 217 Å². The molecule has 0 aromatic heterocycles. The maximum absolute atomic E-state index is 13.3. The molecule has 4 nitrogen and oxygen atoms in total. The molecule has 204 valence electrons. The average Bonchev–Trinajstić information content (AvgIpc) is 2.87. The monoisotopic (exact) mass is 492 g/mol. The molecule has 1 saturated carbocycles. The van der Waals surface area contributed by atoms with Crippen LogP contribution in [0.1, 0.15) is 156 Å². The summed E-state index contributed by atoms with van der Waals surface area (Å²) in [6, 6.07) is 0. The van der Waals surface area contributed by atoms with E-state index in [0.717, 1.165) is 70.6 Å². The summed E-state index contributed by atoms with van der Waals surface area (Å²) in [5.74, 6) is -0.390. The molecule has 0 N–H and O–H groups in total. The standard InChI is InChI=1S/C31H56O4/c1-4-7-10-12-14-20-25-34-30(32)28(24-17-9-6-3)29(27-22-18-16-19-23-27)31(33)35-26-21-15-13-11-8-5-2/h27H,4-26H2,1-3H3/b29-28-. The SMILES string of the molecule is CCCCCCCCOC(=O)/C(CCCCC)=C(\C(=O)OCCCCCCCC)C1CCCCC1. The van der Waals surface area contributed by atoms with Gasteiger partial charge in [-0.2, -0.15) is 0 Å². The minimum atomic E-state index is -0.272. The van der Waals surface area contributed by atoms with Crippen molar-refractivity contribution in [3.63, 3.8) is 0 Å². The second-order valence-corrected chi connectivity index (χ2v) is 10.5. The molecule has 0 heterocycles. The van der Waals surface area contributed by atoms with Gasteiger partial charge in [0.2, 0.25) is 0 Å². The van der Waals surface area contributed by atoms with Gasteiger partial charge in [-0.15, -0.1) is 0 Å². The van der Waals surface area contributed by atoms with Crippen LogP contribution in [0.5, 0.6) is 0 Å². The summed E-state index contributed by atoms with van der Waals surface area (Å²) >= 11 is 0. The Morgan fingerprint density at radius 2 is 1.03 bits per heavy atom. The summed E-state index contributed by atoms with van der Waals surface area (Å²) in [5.41, 5.74) is 1.27. The zero-order valence-electron chi connectivity index (χ0n) is 23.5. The lowest BCUT2D eigenvalue weighted by Gasteiger charge is -2.26. The third-order valence-corrected chi connectivity index (χ3v) is 7.30. The van der Waals surface area contributed by atoms with E-state index in [1.54, 1.807) is 0 Å². The minimum Gasteiger partial charge on any atom is -0.462 e. The zero-order valence-corrected chi connectivity index (χ0v) is 23.5. The first-order chi connectivity index (χ1) is 17.2. The van der Waals surface area contributed by atoms with Crippen molar-refractivity contribution in [2.75, 3.05) is 13.2 Å². The summed E-state index contributed by atoms with van der Waals surface area (Å²) in [6.07, 6.45) is 23.0. The second-order valence-electron chi connectivity index (χ2n) is 10.5. The Morgan fingerprint density at radius 1 is 0.571 bits per heavy atom. The largest absolute Gasteiger partial charge is 0.462 e. The van der Waals surface area contributed by atoms with Crippen LogP contribution in [-0.2, 0) is 19.1 Å². The van der Waals surface area contributed by atoms with Gasteiger partial charge in [-0.05, 0) is 44.4 Å². The molecule has 0 unspecified atom stereocenters. The summed E-state index contributed by atoms with van der Waals surface area (Å²) in [7, 11) is 0. The van der Waals surface area contributed by atoms with Gasteiger partial charge in [0.15, 0.2) is 0 Å². The molecule has 35 heavy (non-hydrogen) atoms. The molecular weight excluding hydrogens is 436 g/mol. The van der Waals surface area contributed by atoms with Crippen molar-refractivity contribution in [2.45, 2.75) is 156 Å². The smallest absolute Gasteiger partial charge is 0.334 e. The van der Waals surface area contributed by atoms with Crippen molar-refractivity contribution in [1.29, 1.82) is 0 Å². The molecule has 0 spiro atoms. The highest BCUT2D eigenvalue weighted by molar-refractivity contribution is 6.00. The third-order valence-electron chi connectivity index (χ3n) is 7.30. The van der Waals surface area contributed by atoms with E-state index >= 15 is 0 Å². The zero-order chi connectivity index (χ0) is 25.6. The van der Waals surface area contributed by atoms with Crippen LogP contribution in [0.2, 0.25) is 0 Å². The van der Waals surface area contributed by atoms with Gasteiger partial charge >= 0.3 is 11.9 Å². The molecule has 1 fully saturated rings. The van der Waals surface area contributed by atoms with Crippen LogP contribution in [0.15, 0.2) is 11.1 Å². The van der Waals surface area contributed by atoms with E-state index in [1.165, 1.54) is 57.8 Å². The van der Waals surface area contributed by atoms with Crippen LogP contribution in [0.4, 0.5) is 0 Å². The third kappa shape index (κ3) is 14.7. The van der Waals surface area contributed by atoms with Crippen LogP contribution < -0.4 is 0 Å². The first-order valence-corrected chi connectivity index (χ1v) is 15.2. The number of ether oxygens (including phenoxy) is 2. The van der Waals surface area contributed by atoms with Crippen LogP contribution in [0, 0.1) is 5.92 Å². The predicted octanol–water partition coefficient (Wildman–Crippen LogP) is 9.25. The second kappa shape index (κ2) is 21.9. The summed E-state index contributed by atoms with van der Waals surface area (Å²) in [4.78, 5) is 26.6. The topological polar surface area (TPSA) is 52.6 Å². The minimum absolute atomic E-state index is 0.138. The molecule has 1 rings (SSSR count). The fourth-order valence-corrected chi connectivity index (χ4v) is 5.09. The normalized spacial score (nSPS) is 15.1. The molecule has 1 aliphatic carbocycles. The maximum atomic E-state index is 13.3. The Bertz CT molecular complexity index is 575. The molecule has 0 amide bonds. The van der Waals surface area contributed by atoms with Gasteiger partial charge in [0.05, 0.1) is 18.8 Å². The van der Waals surface area contributed by atoms with Gasteiger partial charge in [0.25, 0.3) is 0 Å². The molecule has 0 aromatic carbocycles. The van der Waals surface area contributed by atoms with Gasteiger partial charge in [-0.25, -0.2) is 9.59 Å². The highest BCUT2D eigenvalue weighted by Crippen LogP contribution is 2.34. The van der Waals surface area contributed by atoms with E-state index in [2.05, 4.69) is 20.8 Å². The molecule has 0 aromatic rings. The lowest BCUT2D eigenvalue weighted by atomic mass is 9.80. The van der Waals surface area contributed by atoms with Crippen LogP contribution >= 0.6 is 0 Å². The number of carbonyl (C=O) groups excluding carboxylic acids is 2. The van der Waals surface area contributed by atoms with E-state index in [4.69, 9.17) is 9.47 Å². The molecular formula is C31H56O4. The van der Waals surface area contributed by atoms with Crippen LogP contribution in [-0.4, -0.2) is 25.2 Å². The first kappa shape index (κ1) is 31.7. The quantitative estimate of drug-likeness (QED) is 0.0910. The van der Waals surface area contributed by atoms with Crippen molar-refractivity contribution < 1.29 is 19.1 Å². The Balaban J connectivity index is 2.82. The van der Waals surface area contributed by atoms with Crippen LogP contribution in [0.25, 0.3) is 0 Å². The fraction of sp³-hybridized carbons (Fsp3) is 0.871. The average molecular weight is 493 g/mol. The van der Waals surface area contributed by atoms with Gasteiger partial charge in [0, 0.05) is 5.57 Å². The molecule has 0 saturated heterocycles. The van der Waals surface area contributed by atoms with Gasteiger partial charge < -0.3 is 9.47 Å². The number of esters is 2.